The van der Waals surface area contributed by atoms with Gasteiger partial charge < -0.3 is 20.0 Å². The first-order valence-corrected chi connectivity index (χ1v) is 10.1. The van der Waals surface area contributed by atoms with Gasteiger partial charge in [-0.25, -0.2) is 0 Å². The Kier molecular flexibility index (Phi) is 6.69. The standard InChI is InChI=1S/C21H31N3O4/c1-17(25)23-13-11-22(12-14-23)15-21(28)16-24(10-9-19(21)26)20(27)8-7-18-5-3-2-4-6-18/h2-6,19,26,28H,7-16H2,1H3/t19-,21+/m1/s1. The molecule has 1 aromatic carbocycles. The molecule has 154 valence electrons. The number of carbonyl (C=O) groups is 2. The minimum absolute atomic E-state index is 0.00979. The Morgan fingerprint density at radius 2 is 1.75 bits per heavy atom. The molecule has 2 aliphatic rings. The second-order valence-corrected chi connectivity index (χ2v) is 7.99. The van der Waals surface area contributed by atoms with Gasteiger partial charge in [-0.2, -0.15) is 0 Å². The van der Waals surface area contributed by atoms with Crippen molar-refractivity contribution in [3.05, 3.63) is 35.9 Å². The zero-order valence-electron chi connectivity index (χ0n) is 16.6. The first-order chi connectivity index (χ1) is 13.4. The number of piperidine rings is 1. The number of benzene rings is 1. The van der Waals surface area contributed by atoms with Crippen LogP contribution < -0.4 is 0 Å². The number of aliphatic hydroxyl groups is 2. The fourth-order valence-corrected chi connectivity index (χ4v) is 4.09. The van der Waals surface area contributed by atoms with Crippen molar-refractivity contribution in [2.24, 2.45) is 0 Å². The van der Waals surface area contributed by atoms with Gasteiger partial charge >= 0.3 is 0 Å². The van der Waals surface area contributed by atoms with E-state index in [9.17, 15) is 19.8 Å². The van der Waals surface area contributed by atoms with Crippen molar-refractivity contribution >= 4 is 11.8 Å². The lowest BCUT2D eigenvalue weighted by Crippen LogP contribution is -2.64. The zero-order valence-corrected chi connectivity index (χ0v) is 16.6. The van der Waals surface area contributed by atoms with Gasteiger partial charge in [0, 0.05) is 52.6 Å². The number of β-amino-alcohol motifs (C(OH)–C–C–N with tert-alkyl or cyclic N) is 1. The molecule has 7 heteroatoms. The van der Waals surface area contributed by atoms with Crippen LogP contribution in [0, 0.1) is 0 Å². The van der Waals surface area contributed by atoms with Crippen molar-refractivity contribution < 1.29 is 19.8 Å². The van der Waals surface area contributed by atoms with Crippen LogP contribution in [0.15, 0.2) is 30.3 Å². The third-order valence-electron chi connectivity index (χ3n) is 5.90. The minimum atomic E-state index is -1.33. The summed E-state index contributed by atoms with van der Waals surface area (Å²) in [5.74, 6) is 0.0711. The highest BCUT2D eigenvalue weighted by molar-refractivity contribution is 5.76. The van der Waals surface area contributed by atoms with E-state index in [1.807, 2.05) is 30.3 Å². The molecule has 0 aliphatic carbocycles. The van der Waals surface area contributed by atoms with Gasteiger partial charge in [-0.1, -0.05) is 30.3 Å². The second-order valence-electron chi connectivity index (χ2n) is 7.99. The van der Waals surface area contributed by atoms with Crippen LogP contribution in [0.2, 0.25) is 0 Å². The third-order valence-corrected chi connectivity index (χ3v) is 5.90. The Morgan fingerprint density at radius 3 is 2.39 bits per heavy atom. The van der Waals surface area contributed by atoms with Crippen LogP contribution in [0.25, 0.3) is 0 Å². The number of hydrogen-bond donors (Lipinski definition) is 2. The molecule has 0 unspecified atom stereocenters. The number of nitrogens with zero attached hydrogens (tertiary/aromatic N) is 3. The topological polar surface area (TPSA) is 84.3 Å². The minimum Gasteiger partial charge on any atom is -0.390 e. The van der Waals surface area contributed by atoms with E-state index in [-0.39, 0.29) is 18.4 Å². The van der Waals surface area contributed by atoms with Gasteiger partial charge in [0.1, 0.15) is 5.60 Å². The summed E-state index contributed by atoms with van der Waals surface area (Å²) >= 11 is 0. The summed E-state index contributed by atoms with van der Waals surface area (Å²) in [6.07, 6.45) is 0.593. The van der Waals surface area contributed by atoms with Crippen LogP contribution in [0.5, 0.6) is 0 Å². The Morgan fingerprint density at radius 1 is 1.07 bits per heavy atom. The number of rotatable bonds is 5. The number of aliphatic hydroxyl groups excluding tert-OH is 1. The predicted molar refractivity (Wildman–Crippen MR) is 106 cm³/mol. The maximum atomic E-state index is 12.7. The molecular formula is C21H31N3O4. The highest BCUT2D eigenvalue weighted by atomic mass is 16.3. The molecule has 3 rings (SSSR count). The summed E-state index contributed by atoms with van der Waals surface area (Å²) in [5, 5.41) is 21.5. The van der Waals surface area contributed by atoms with Crippen molar-refractivity contribution in [1.82, 2.24) is 14.7 Å². The Balaban J connectivity index is 1.54. The summed E-state index contributed by atoms with van der Waals surface area (Å²) in [5.41, 5.74) is -0.217. The molecule has 2 atom stereocenters. The first-order valence-electron chi connectivity index (χ1n) is 10.1. The average Bonchev–Trinajstić information content (AvgIpc) is 2.69. The van der Waals surface area contributed by atoms with Gasteiger partial charge in [0.05, 0.1) is 12.6 Å². The quantitative estimate of drug-likeness (QED) is 0.747. The lowest BCUT2D eigenvalue weighted by atomic mass is 9.88. The number of aryl methyl sites for hydroxylation is 1. The van der Waals surface area contributed by atoms with Crippen LogP contribution in [-0.2, 0) is 16.0 Å². The summed E-state index contributed by atoms with van der Waals surface area (Å²) in [6, 6.07) is 9.88. The number of likely N-dealkylation sites (tertiary alicyclic amines) is 1. The predicted octanol–water partition coefficient (Wildman–Crippen LogP) is 0.108. The van der Waals surface area contributed by atoms with E-state index in [0.717, 1.165) is 5.56 Å². The average molecular weight is 389 g/mol. The van der Waals surface area contributed by atoms with Crippen LogP contribution >= 0.6 is 0 Å². The van der Waals surface area contributed by atoms with Crippen molar-refractivity contribution in [1.29, 1.82) is 0 Å². The smallest absolute Gasteiger partial charge is 0.223 e. The molecule has 2 fully saturated rings. The monoisotopic (exact) mass is 389 g/mol. The summed E-state index contributed by atoms with van der Waals surface area (Å²) < 4.78 is 0. The van der Waals surface area contributed by atoms with Crippen LogP contribution in [0.3, 0.4) is 0 Å². The Labute approximate surface area is 166 Å². The molecule has 2 heterocycles. The Bertz CT molecular complexity index is 675. The SMILES string of the molecule is CC(=O)N1CCN(C[C@]2(O)CN(C(=O)CCc3ccccc3)CC[C@H]2O)CC1. The number of carbonyl (C=O) groups excluding carboxylic acids is 2. The molecule has 28 heavy (non-hydrogen) atoms. The Hall–Kier alpha value is -1.96. The summed E-state index contributed by atoms with van der Waals surface area (Å²) in [4.78, 5) is 29.7. The highest BCUT2D eigenvalue weighted by Crippen LogP contribution is 2.24. The van der Waals surface area contributed by atoms with Gasteiger partial charge in [-0.15, -0.1) is 0 Å². The van der Waals surface area contributed by atoms with E-state index in [2.05, 4.69) is 4.90 Å². The third kappa shape index (κ3) is 5.10. The van der Waals surface area contributed by atoms with Crippen LogP contribution in [0.4, 0.5) is 0 Å². The van der Waals surface area contributed by atoms with E-state index >= 15 is 0 Å². The van der Waals surface area contributed by atoms with Gasteiger partial charge in [-0.3, -0.25) is 14.5 Å². The number of piperazine rings is 1. The van der Waals surface area contributed by atoms with Crippen molar-refractivity contribution in [3.63, 3.8) is 0 Å². The van der Waals surface area contributed by atoms with Gasteiger partial charge in [0.15, 0.2) is 0 Å². The van der Waals surface area contributed by atoms with E-state index in [1.54, 1.807) is 16.7 Å². The van der Waals surface area contributed by atoms with Crippen molar-refractivity contribution in [2.45, 2.75) is 37.9 Å². The number of amides is 2. The fourth-order valence-electron chi connectivity index (χ4n) is 4.09. The second kappa shape index (κ2) is 9.03. The maximum Gasteiger partial charge on any atom is 0.223 e. The first kappa shape index (κ1) is 20.8. The van der Waals surface area contributed by atoms with Gasteiger partial charge in [0.25, 0.3) is 0 Å². The van der Waals surface area contributed by atoms with Gasteiger partial charge in [0.2, 0.25) is 11.8 Å². The molecule has 0 saturated carbocycles. The summed E-state index contributed by atoms with van der Waals surface area (Å²) in [7, 11) is 0. The fraction of sp³-hybridized carbons (Fsp3) is 0.619. The van der Waals surface area contributed by atoms with E-state index in [4.69, 9.17) is 0 Å². The molecule has 0 bridgehead atoms. The van der Waals surface area contributed by atoms with Crippen LogP contribution in [0.1, 0.15) is 25.3 Å². The molecule has 2 amide bonds. The van der Waals surface area contributed by atoms with Crippen molar-refractivity contribution in [3.8, 4) is 0 Å². The molecule has 0 radical (unpaired) electrons. The van der Waals surface area contributed by atoms with E-state index in [0.29, 0.717) is 58.5 Å². The lowest BCUT2D eigenvalue weighted by Gasteiger charge is -2.46. The molecule has 2 saturated heterocycles. The largest absolute Gasteiger partial charge is 0.390 e. The normalized spacial score (nSPS) is 26.3. The zero-order chi connectivity index (χ0) is 20.1. The lowest BCUT2D eigenvalue weighted by molar-refractivity contribution is -0.158. The molecule has 2 aliphatic heterocycles. The van der Waals surface area contributed by atoms with E-state index < -0.39 is 11.7 Å². The highest BCUT2D eigenvalue weighted by Gasteiger charge is 2.43. The maximum absolute atomic E-state index is 12.7. The van der Waals surface area contributed by atoms with Crippen LogP contribution in [-0.4, -0.2) is 94.2 Å². The molecule has 2 N–H and O–H groups in total. The molecule has 0 spiro atoms. The number of hydrogen-bond acceptors (Lipinski definition) is 5. The van der Waals surface area contributed by atoms with Gasteiger partial charge in [-0.05, 0) is 18.4 Å². The molecular weight excluding hydrogens is 358 g/mol. The molecule has 0 aromatic heterocycles. The molecule has 1 aromatic rings. The van der Waals surface area contributed by atoms with E-state index in [1.165, 1.54) is 0 Å². The van der Waals surface area contributed by atoms with Crippen molar-refractivity contribution in [2.75, 3.05) is 45.8 Å². The summed E-state index contributed by atoms with van der Waals surface area (Å²) in [6.45, 7) is 5.06. The molecule has 7 nitrogen and oxygen atoms in total.